The third-order valence-corrected chi connectivity index (χ3v) is 11.7. The quantitative estimate of drug-likeness (QED) is 0.0692. The second-order valence-corrected chi connectivity index (χ2v) is 13.7. The Labute approximate surface area is 234 Å². The minimum Gasteiger partial charge on any atom is -0.623 e. The van der Waals surface area contributed by atoms with Crippen LogP contribution >= 0.6 is 19.4 Å². The standard InChI is InChI=1S/C24H42N5O8PS/c1-4-36-38(34,37-5-2)24(3)17(11-14-29(24)33)15-35-23(32)26-13-8-12-25-20(30)10-7-6-9-19-21-18(16-39-19)27-22(31)28-21/h14,17-19,21H,4-13,15-16H2,1-3H3,(H,25,30)(H,26,32)(H2,27,28,31)/t17-,18-,19-,21+,24+/m1/s1. The smallest absolute Gasteiger partial charge is 0.407 e. The molecule has 0 bridgehead atoms. The highest BCUT2D eigenvalue weighted by molar-refractivity contribution is 8.00. The van der Waals surface area contributed by atoms with Gasteiger partial charge in [-0.05, 0) is 33.1 Å². The number of amides is 4. The van der Waals surface area contributed by atoms with Crippen LogP contribution in [0, 0.1) is 11.1 Å². The summed E-state index contributed by atoms with van der Waals surface area (Å²) in [6.45, 7) is 5.69. The average molecular weight is 592 g/mol. The lowest BCUT2D eigenvalue weighted by Gasteiger charge is -2.34. The van der Waals surface area contributed by atoms with Crippen LogP contribution in [-0.2, 0) is 23.1 Å². The van der Waals surface area contributed by atoms with Gasteiger partial charge in [0.1, 0.15) is 6.61 Å². The highest BCUT2D eigenvalue weighted by atomic mass is 32.2. The largest absolute Gasteiger partial charge is 0.623 e. The van der Waals surface area contributed by atoms with Gasteiger partial charge in [-0.15, -0.1) is 0 Å². The van der Waals surface area contributed by atoms with Crippen molar-refractivity contribution in [3.63, 3.8) is 0 Å². The fraction of sp³-hybridized carbons (Fsp3) is 0.833. The van der Waals surface area contributed by atoms with E-state index < -0.39 is 24.9 Å². The number of rotatable bonds is 16. The van der Waals surface area contributed by atoms with Gasteiger partial charge in [-0.1, -0.05) is 6.42 Å². The van der Waals surface area contributed by atoms with Crippen molar-refractivity contribution in [3.8, 4) is 0 Å². The molecule has 0 aromatic carbocycles. The molecule has 4 amide bonds. The third-order valence-electron chi connectivity index (χ3n) is 7.37. The zero-order chi connectivity index (χ0) is 28.5. The Morgan fingerprint density at radius 1 is 1.18 bits per heavy atom. The van der Waals surface area contributed by atoms with Crippen LogP contribution in [0.25, 0.3) is 0 Å². The predicted molar refractivity (Wildman–Crippen MR) is 148 cm³/mol. The lowest BCUT2D eigenvalue weighted by Crippen LogP contribution is -2.43. The van der Waals surface area contributed by atoms with Crippen molar-refractivity contribution in [1.82, 2.24) is 21.3 Å². The molecule has 0 aliphatic carbocycles. The number of carbonyl (C=O) groups excluding carboxylic acids is 3. The number of alkyl carbamates (subject to hydrolysis) is 1. The Bertz CT molecular complexity index is 945. The van der Waals surface area contributed by atoms with Gasteiger partial charge in [0, 0.05) is 43.9 Å². The monoisotopic (exact) mass is 591 g/mol. The molecule has 3 aliphatic rings. The number of hydrogen-bond acceptors (Lipinski definition) is 9. The van der Waals surface area contributed by atoms with Gasteiger partial charge in [-0.25, -0.2) is 9.59 Å². The molecule has 0 saturated carbocycles. The van der Waals surface area contributed by atoms with E-state index >= 15 is 0 Å². The van der Waals surface area contributed by atoms with Gasteiger partial charge in [0.15, 0.2) is 6.21 Å². The Kier molecular flexibility index (Phi) is 11.8. The number of hydroxylamine groups is 1. The second kappa shape index (κ2) is 14.6. The molecule has 3 heterocycles. The average Bonchev–Trinajstić information content (AvgIpc) is 3.54. The first-order chi connectivity index (χ1) is 18.6. The van der Waals surface area contributed by atoms with Crippen LogP contribution < -0.4 is 21.3 Å². The van der Waals surface area contributed by atoms with Crippen LogP contribution in [0.1, 0.15) is 59.3 Å². The maximum atomic E-state index is 13.4. The van der Waals surface area contributed by atoms with Crippen molar-refractivity contribution < 1.29 is 37.5 Å². The normalized spacial score (nSPS) is 27.9. The molecule has 2 saturated heterocycles. The summed E-state index contributed by atoms with van der Waals surface area (Å²) in [7, 11) is -3.80. The summed E-state index contributed by atoms with van der Waals surface area (Å²) in [5.41, 5.74) is 0. The Morgan fingerprint density at radius 3 is 2.62 bits per heavy atom. The first-order valence-corrected chi connectivity index (χ1v) is 16.3. The van der Waals surface area contributed by atoms with Crippen LogP contribution in [0.3, 0.4) is 0 Å². The van der Waals surface area contributed by atoms with Crippen molar-refractivity contribution in [2.45, 2.75) is 81.9 Å². The lowest BCUT2D eigenvalue weighted by molar-refractivity contribution is -0.515. The lowest BCUT2D eigenvalue weighted by atomic mass is 10.0. The van der Waals surface area contributed by atoms with E-state index in [2.05, 4.69) is 21.3 Å². The molecule has 13 nitrogen and oxygen atoms in total. The maximum Gasteiger partial charge on any atom is 0.407 e. The minimum atomic E-state index is -3.80. The predicted octanol–water partition coefficient (Wildman–Crippen LogP) is 2.53. The first-order valence-electron chi connectivity index (χ1n) is 13.7. The molecule has 39 heavy (non-hydrogen) atoms. The SMILES string of the molecule is CCOP(=O)(OCC)[C@@]1(C)[C@@H](COC(=O)NCCCNC(=O)CCCC[C@H]2SC[C@H]3NC(=O)N[C@@H]32)CC=[N+]1[O-]. The van der Waals surface area contributed by atoms with Crippen LogP contribution in [-0.4, -0.2) is 90.3 Å². The zero-order valence-corrected chi connectivity index (χ0v) is 24.7. The summed E-state index contributed by atoms with van der Waals surface area (Å²) in [6.07, 6.45) is 4.62. The molecule has 0 spiro atoms. The summed E-state index contributed by atoms with van der Waals surface area (Å²) in [6, 6.07) is 0.311. The van der Waals surface area contributed by atoms with Crippen LogP contribution in [0.2, 0.25) is 0 Å². The van der Waals surface area contributed by atoms with Gasteiger partial charge in [-0.3, -0.25) is 9.36 Å². The number of urea groups is 1. The van der Waals surface area contributed by atoms with Gasteiger partial charge in [-0.2, -0.15) is 16.5 Å². The summed E-state index contributed by atoms with van der Waals surface area (Å²) in [4.78, 5) is 35.7. The molecular weight excluding hydrogens is 549 g/mol. The Morgan fingerprint density at radius 2 is 1.90 bits per heavy atom. The van der Waals surface area contributed by atoms with Crippen LogP contribution in [0.4, 0.5) is 9.59 Å². The maximum absolute atomic E-state index is 13.4. The van der Waals surface area contributed by atoms with Gasteiger partial charge >= 0.3 is 19.7 Å². The van der Waals surface area contributed by atoms with Crippen molar-refractivity contribution in [2.75, 3.05) is 38.7 Å². The molecule has 0 unspecified atom stereocenters. The van der Waals surface area contributed by atoms with Crippen molar-refractivity contribution in [2.24, 2.45) is 5.92 Å². The number of nitrogens with zero attached hydrogens (tertiary/aromatic N) is 1. The van der Waals surface area contributed by atoms with E-state index in [4.69, 9.17) is 13.8 Å². The minimum absolute atomic E-state index is 0.0303. The van der Waals surface area contributed by atoms with Crippen LogP contribution in [0.5, 0.6) is 0 Å². The second-order valence-electron chi connectivity index (χ2n) is 9.96. The van der Waals surface area contributed by atoms with Gasteiger partial charge in [0.25, 0.3) is 5.28 Å². The molecule has 3 aliphatic heterocycles. The van der Waals surface area contributed by atoms with Crippen molar-refractivity contribution >= 4 is 43.6 Å². The topological polar surface area (TPSA) is 170 Å². The number of hydrogen-bond donors (Lipinski definition) is 4. The molecule has 4 N–H and O–H groups in total. The van der Waals surface area contributed by atoms with E-state index in [0.29, 0.717) is 35.9 Å². The molecule has 3 rings (SSSR count). The van der Waals surface area contributed by atoms with E-state index in [-0.39, 0.29) is 50.3 Å². The molecule has 0 radical (unpaired) electrons. The molecule has 0 aromatic rings. The highest BCUT2D eigenvalue weighted by Gasteiger charge is 2.63. The summed E-state index contributed by atoms with van der Waals surface area (Å²) in [5.74, 6) is 0.334. The molecule has 0 aromatic heterocycles. The Hall–Kier alpha value is -2.02. The first kappa shape index (κ1) is 31.5. The fourth-order valence-corrected chi connectivity index (χ4v) is 8.89. The molecule has 222 valence electrons. The number of nitrogens with one attached hydrogen (secondary N) is 4. The highest BCUT2D eigenvalue weighted by Crippen LogP contribution is 2.64. The number of unbranched alkanes of at least 4 members (excludes halogenated alkanes) is 1. The number of ether oxygens (including phenoxy) is 1. The van der Waals surface area contributed by atoms with Gasteiger partial charge in [0.2, 0.25) is 5.91 Å². The van der Waals surface area contributed by atoms with Gasteiger partial charge < -0.3 is 40.3 Å². The van der Waals surface area contributed by atoms with E-state index in [1.54, 1.807) is 13.8 Å². The third kappa shape index (κ3) is 7.80. The van der Waals surface area contributed by atoms with E-state index in [0.717, 1.165) is 25.0 Å². The summed E-state index contributed by atoms with van der Waals surface area (Å²) < 4.78 is 30.1. The summed E-state index contributed by atoms with van der Waals surface area (Å²) >= 11 is 1.87. The number of carbonyl (C=O) groups is 3. The fourth-order valence-electron chi connectivity index (χ4n) is 5.12. The van der Waals surface area contributed by atoms with E-state index in [9.17, 15) is 24.2 Å². The molecule has 15 heteroatoms. The molecule has 5 atom stereocenters. The summed E-state index contributed by atoms with van der Waals surface area (Å²) in [5, 5.41) is 22.9. The van der Waals surface area contributed by atoms with Crippen molar-refractivity contribution in [3.05, 3.63) is 5.21 Å². The molecule has 2 fully saturated rings. The van der Waals surface area contributed by atoms with E-state index in [1.807, 2.05) is 11.8 Å². The van der Waals surface area contributed by atoms with Crippen LogP contribution in [0.15, 0.2) is 0 Å². The Balaban J connectivity index is 1.26. The van der Waals surface area contributed by atoms with Gasteiger partial charge in [0.05, 0.1) is 31.2 Å². The number of fused-ring (bicyclic) bond motifs is 1. The van der Waals surface area contributed by atoms with E-state index in [1.165, 1.54) is 13.1 Å². The zero-order valence-electron chi connectivity index (χ0n) is 22.9. The number of thioether (sulfide) groups is 1. The van der Waals surface area contributed by atoms with Crippen molar-refractivity contribution in [1.29, 1.82) is 0 Å². The molecular formula is C24H42N5O8PS.